The van der Waals surface area contributed by atoms with Crippen LogP contribution in [0.25, 0.3) is 10.9 Å². The number of likely N-dealkylation sites (tertiary alicyclic amines) is 1. The molecule has 1 saturated heterocycles. The predicted molar refractivity (Wildman–Crippen MR) is 119 cm³/mol. The van der Waals surface area contributed by atoms with E-state index < -0.39 is 5.82 Å². The van der Waals surface area contributed by atoms with Gasteiger partial charge in [0.2, 0.25) is 0 Å². The summed E-state index contributed by atoms with van der Waals surface area (Å²) in [7, 11) is 0. The molecule has 0 spiro atoms. The number of ether oxygens (including phenoxy) is 2. The summed E-state index contributed by atoms with van der Waals surface area (Å²) < 4.78 is 25.6. The molecule has 162 valence electrons. The van der Waals surface area contributed by atoms with E-state index in [0.29, 0.717) is 65.6 Å². The van der Waals surface area contributed by atoms with Crippen LogP contribution in [-0.4, -0.2) is 42.1 Å². The number of benzene rings is 2. The number of hydrogen-bond donors (Lipinski definition) is 1. The molecular formula is C24H26FN3O3. The number of fused-ring (bicyclic) bond motifs is 1. The number of halogens is 1. The molecule has 1 fully saturated rings. The minimum Gasteiger partial charge on any atom is -0.494 e. The quantitative estimate of drug-likeness (QED) is 0.569. The van der Waals surface area contributed by atoms with Gasteiger partial charge in [0.15, 0.2) is 0 Å². The smallest absolute Gasteiger partial charge is 0.257 e. The number of carbonyl (C=O) groups excluding carboxylic acids is 1. The molecule has 0 radical (unpaired) electrons. The van der Waals surface area contributed by atoms with E-state index in [9.17, 15) is 9.18 Å². The Kier molecular flexibility index (Phi) is 6.21. The molecule has 6 nitrogen and oxygen atoms in total. The van der Waals surface area contributed by atoms with Gasteiger partial charge in [-0.05, 0) is 57.0 Å². The van der Waals surface area contributed by atoms with Crippen molar-refractivity contribution in [3.05, 3.63) is 54.0 Å². The zero-order chi connectivity index (χ0) is 21.8. The van der Waals surface area contributed by atoms with Crippen LogP contribution in [-0.2, 0) is 0 Å². The van der Waals surface area contributed by atoms with E-state index in [1.165, 1.54) is 12.1 Å². The summed E-state index contributed by atoms with van der Waals surface area (Å²) in [6.07, 6.45) is 3.53. The summed E-state index contributed by atoms with van der Waals surface area (Å²) >= 11 is 0. The van der Waals surface area contributed by atoms with Gasteiger partial charge in [-0.3, -0.25) is 9.78 Å². The van der Waals surface area contributed by atoms with Crippen molar-refractivity contribution in [1.29, 1.82) is 0 Å². The van der Waals surface area contributed by atoms with Crippen LogP contribution in [0.1, 0.15) is 37.0 Å². The third kappa shape index (κ3) is 4.40. The molecule has 4 rings (SSSR count). The number of carbonyl (C=O) groups is 1. The van der Waals surface area contributed by atoms with Gasteiger partial charge in [-0.15, -0.1) is 0 Å². The fraction of sp³-hybridized carbons (Fsp3) is 0.333. The molecule has 0 unspecified atom stereocenters. The minimum atomic E-state index is -0.392. The number of nitrogens with zero attached hydrogens (tertiary/aromatic N) is 2. The number of amides is 1. The number of anilines is 2. The summed E-state index contributed by atoms with van der Waals surface area (Å²) in [6.45, 7) is 6.24. The highest BCUT2D eigenvalue weighted by atomic mass is 19.1. The van der Waals surface area contributed by atoms with E-state index in [1.807, 2.05) is 36.9 Å². The molecule has 7 heteroatoms. The molecule has 1 N–H and O–H groups in total. The number of pyridine rings is 1. The van der Waals surface area contributed by atoms with Gasteiger partial charge in [0.1, 0.15) is 17.3 Å². The fourth-order valence-corrected chi connectivity index (χ4v) is 3.83. The number of nitrogens with one attached hydrogen (secondary N) is 1. The van der Waals surface area contributed by atoms with Crippen LogP contribution in [0.3, 0.4) is 0 Å². The first-order valence-corrected chi connectivity index (χ1v) is 10.6. The first-order chi connectivity index (χ1) is 15.1. The van der Waals surface area contributed by atoms with Crippen LogP contribution in [0.15, 0.2) is 42.6 Å². The van der Waals surface area contributed by atoms with Crippen molar-refractivity contribution in [1.82, 2.24) is 9.88 Å². The van der Waals surface area contributed by atoms with Gasteiger partial charge < -0.3 is 19.7 Å². The van der Waals surface area contributed by atoms with Crippen LogP contribution in [0.5, 0.6) is 11.5 Å². The van der Waals surface area contributed by atoms with Gasteiger partial charge in [0, 0.05) is 30.7 Å². The normalized spacial score (nSPS) is 13.5. The molecule has 1 aliphatic rings. The van der Waals surface area contributed by atoms with E-state index in [1.54, 1.807) is 12.3 Å². The summed E-state index contributed by atoms with van der Waals surface area (Å²) in [5, 5.41) is 3.88. The average molecular weight is 423 g/mol. The number of rotatable bonds is 7. The Morgan fingerprint density at radius 2 is 1.87 bits per heavy atom. The van der Waals surface area contributed by atoms with Gasteiger partial charge in [-0.2, -0.15) is 0 Å². The zero-order valence-electron chi connectivity index (χ0n) is 17.8. The second kappa shape index (κ2) is 9.20. The first kappa shape index (κ1) is 20.9. The molecule has 3 aromatic rings. The van der Waals surface area contributed by atoms with Crippen molar-refractivity contribution in [3.8, 4) is 11.5 Å². The second-order valence-electron chi connectivity index (χ2n) is 7.36. The lowest BCUT2D eigenvalue weighted by Gasteiger charge is -2.21. The van der Waals surface area contributed by atoms with E-state index in [-0.39, 0.29) is 5.91 Å². The van der Waals surface area contributed by atoms with Gasteiger partial charge in [0.05, 0.1) is 35.7 Å². The SMILES string of the molecule is CCOc1ccc(OCC)c(Nc2c(C(=O)N3CCCC3)cnc3ccc(F)cc23)c1. The highest BCUT2D eigenvalue weighted by molar-refractivity contribution is 6.08. The van der Waals surface area contributed by atoms with Gasteiger partial charge in [0.25, 0.3) is 5.91 Å². The fourth-order valence-electron chi connectivity index (χ4n) is 3.83. The van der Waals surface area contributed by atoms with E-state index >= 15 is 0 Å². The molecule has 1 aliphatic heterocycles. The van der Waals surface area contributed by atoms with Crippen LogP contribution in [0, 0.1) is 5.82 Å². The molecule has 0 bridgehead atoms. The van der Waals surface area contributed by atoms with Crippen molar-refractivity contribution in [2.75, 3.05) is 31.6 Å². The van der Waals surface area contributed by atoms with Crippen LogP contribution in [0.2, 0.25) is 0 Å². The van der Waals surface area contributed by atoms with Gasteiger partial charge >= 0.3 is 0 Å². The lowest BCUT2D eigenvalue weighted by molar-refractivity contribution is 0.0793. The van der Waals surface area contributed by atoms with Gasteiger partial charge in [-0.1, -0.05) is 0 Å². The molecule has 1 amide bonds. The van der Waals surface area contributed by atoms with Crippen LogP contribution < -0.4 is 14.8 Å². The van der Waals surface area contributed by atoms with Crippen molar-refractivity contribution in [2.24, 2.45) is 0 Å². The van der Waals surface area contributed by atoms with E-state index in [2.05, 4.69) is 10.3 Å². The third-order valence-corrected chi connectivity index (χ3v) is 5.28. The average Bonchev–Trinajstić information content (AvgIpc) is 3.31. The summed E-state index contributed by atoms with van der Waals surface area (Å²) in [5.74, 6) is 0.783. The Hall–Kier alpha value is -3.35. The summed E-state index contributed by atoms with van der Waals surface area (Å²) in [6, 6.07) is 9.85. The summed E-state index contributed by atoms with van der Waals surface area (Å²) in [5.41, 5.74) is 2.15. The van der Waals surface area contributed by atoms with Crippen LogP contribution in [0.4, 0.5) is 15.8 Å². The van der Waals surface area contributed by atoms with Crippen molar-refractivity contribution in [2.45, 2.75) is 26.7 Å². The third-order valence-electron chi connectivity index (χ3n) is 5.28. The summed E-state index contributed by atoms with van der Waals surface area (Å²) in [4.78, 5) is 19.5. The Morgan fingerprint density at radius 1 is 1.10 bits per heavy atom. The molecule has 2 heterocycles. The zero-order valence-corrected chi connectivity index (χ0v) is 17.8. The highest BCUT2D eigenvalue weighted by Gasteiger charge is 2.24. The molecule has 31 heavy (non-hydrogen) atoms. The predicted octanol–water partition coefficient (Wildman–Crippen LogP) is 5.15. The Labute approximate surface area is 181 Å². The maximum atomic E-state index is 14.2. The lowest BCUT2D eigenvalue weighted by atomic mass is 10.1. The van der Waals surface area contributed by atoms with Crippen molar-refractivity contribution >= 4 is 28.2 Å². The molecule has 2 aromatic carbocycles. The molecule has 0 atom stereocenters. The van der Waals surface area contributed by atoms with Crippen molar-refractivity contribution in [3.63, 3.8) is 0 Å². The topological polar surface area (TPSA) is 63.7 Å². The first-order valence-electron chi connectivity index (χ1n) is 10.6. The molecule has 0 aliphatic carbocycles. The van der Waals surface area contributed by atoms with E-state index in [4.69, 9.17) is 9.47 Å². The molecule has 1 aromatic heterocycles. The number of aromatic nitrogens is 1. The Balaban J connectivity index is 1.85. The van der Waals surface area contributed by atoms with Gasteiger partial charge in [-0.25, -0.2) is 4.39 Å². The van der Waals surface area contributed by atoms with Crippen LogP contribution >= 0.6 is 0 Å². The molecular weight excluding hydrogens is 397 g/mol. The highest BCUT2D eigenvalue weighted by Crippen LogP contribution is 2.36. The monoisotopic (exact) mass is 423 g/mol. The second-order valence-corrected chi connectivity index (χ2v) is 7.36. The largest absolute Gasteiger partial charge is 0.494 e. The van der Waals surface area contributed by atoms with Crippen molar-refractivity contribution < 1.29 is 18.7 Å². The Bertz CT molecular complexity index is 1100. The van der Waals surface area contributed by atoms with E-state index in [0.717, 1.165) is 12.8 Å². The molecule has 0 saturated carbocycles. The maximum absolute atomic E-state index is 14.2. The maximum Gasteiger partial charge on any atom is 0.257 e. The standard InChI is InChI=1S/C24H26FN3O3/c1-3-30-17-8-10-22(31-4-2)21(14-17)27-23-18-13-16(25)7-9-20(18)26-15-19(23)24(29)28-11-5-6-12-28/h7-10,13-15H,3-6,11-12H2,1-2H3,(H,26,27). The lowest BCUT2D eigenvalue weighted by Crippen LogP contribution is -2.28. The Morgan fingerprint density at radius 3 is 2.61 bits per heavy atom. The number of hydrogen-bond acceptors (Lipinski definition) is 5. The minimum absolute atomic E-state index is 0.113.